The van der Waals surface area contributed by atoms with E-state index in [1.165, 1.54) is 90.4 Å². The molecule has 21 heavy (non-hydrogen) atoms. The molecule has 124 valence electrons. The molecule has 2 heteroatoms. The average Bonchev–Trinajstić information content (AvgIpc) is 2.74. The van der Waals surface area contributed by atoms with Gasteiger partial charge in [0.15, 0.2) is 0 Å². The molecule has 2 fully saturated rings. The predicted molar refractivity (Wildman–Crippen MR) is 92.7 cm³/mol. The predicted octanol–water partition coefficient (Wildman–Crippen LogP) is 4.45. The summed E-state index contributed by atoms with van der Waals surface area (Å²) in [5.74, 6) is 1.93. The molecule has 0 radical (unpaired) electrons. The topological polar surface area (TPSA) is 15.3 Å². The Kier molecular flexibility index (Phi) is 8.10. The Balaban J connectivity index is 1.84. The highest BCUT2D eigenvalue weighted by molar-refractivity contribution is 4.81. The normalized spacial score (nSPS) is 31.3. The first-order valence-electron chi connectivity index (χ1n) is 9.78. The molecule has 2 nitrogen and oxygen atoms in total. The quantitative estimate of drug-likeness (QED) is 0.698. The lowest BCUT2D eigenvalue weighted by Crippen LogP contribution is -2.43. The van der Waals surface area contributed by atoms with Crippen LogP contribution in [0, 0.1) is 11.8 Å². The molecule has 1 saturated heterocycles. The molecule has 0 bridgehead atoms. The van der Waals surface area contributed by atoms with Gasteiger partial charge >= 0.3 is 0 Å². The Bertz CT molecular complexity index is 260. The van der Waals surface area contributed by atoms with Crippen LogP contribution in [0.15, 0.2) is 0 Å². The third-order valence-electron chi connectivity index (χ3n) is 5.67. The van der Waals surface area contributed by atoms with Gasteiger partial charge in [0.1, 0.15) is 0 Å². The molecule has 1 aliphatic carbocycles. The van der Waals surface area contributed by atoms with Crippen molar-refractivity contribution >= 4 is 0 Å². The fraction of sp³-hybridized carbons (Fsp3) is 1.00. The molecule has 0 aromatic heterocycles. The Labute approximate surface area is 133 Å². The first kappa shape index (κ1) is 17.3. The molecule has 2 rings (SSSR count). The number of hydrogen-bond donors (Lipinski definition) is 1. The smallest absolute Gasteiger partial charge is 0.00954 e. The van der Waals surface area contributed by atoms with Crippen LogP contribution in [-0.4, -0.2) is 37.1 Å². The van der Waals surface area contributed by atoms with Gasteiger partial charge in [-0.1, -0.05) is 39.5 Å². The van der Waals surface area contributed by atoms with Gasteiger partial charge in [-0.2, -0.15) is 0 Å². The second kappa shape index (κ2) is 9.84. The van der Waals surface area contributed by atoms with Crippen molar-refractivity contribution in [3.63, 3.8) is 0 Å². The molecule has 1 aliphatic heterocycles. The largest absolute Gasteiger partial charge is 0.316 e. The summed E-state index contributed by atoms with van der Waals surface area (Å²) >= 11 is 0. The van der Waals surface area contributed by atoms with Crippen molar-refractivity contribution in [2.24, 2.45) is 11.8 Å². The van der Waals surface area contributed by atoms with Gasteiger partial charge in [0.2, 0.25) is 0 Å². The Morgan fingerprint density at radius 3 is 2.48 bits per heavy atom. The summed E-state index contributed by atoms with van der Waals surface area (Å²) in [5, 5.41) is 3.59. The van der Waals surface area contributed by atoms with Crippen LogP contribution in [0.5, 0.6) is 0 Å². The summed E-state index contributed by atoms with van der Waals surface area (Å²) in [7, 11) is 0. The molecule has 3 unspecified atom stereocenters. The lowest BCUT2D eigenvalue weighted by Gasteiger charge is -2.35. The van der Waals surface area contributed by atoms with E-state index < -0.39 is 0 Å². The summed E-state index contributed by atoms with van der Waals surface area (Å²) in [6, 6.07) is 0.883. The zero-order chi connectivity index (χ0) is 14.9. The molecule has 1 N–H and O–H groups in total. The zero-order valence-electron chi connectivity index (χ0n) is 14.6. The lowest BCUT2D eigenvalue weighted by atomic mass is 9.95. The van der Waals surface area contributed by atoms with E-state index in [0.717, 1.165) is 17.9 Å². The molecule has 3 atom stereocenters. The molecule has 0 aromatic rings. The minimum absolute atomic E-state index is 0.883. The average molecular weight is 295 g/mol. The van der Waals surface area contributed by atoms with Crippen LogP contribution in [0.2, 0.25) is 0 Å². The van der Waals surface area contributed by atoms with E-state index >= 15 is 0 Å². The summed E-state index contributed by atoms with van der Waals surface area (Å²) < 4.78 is 0. The number of piperidine rings is 1. The maximum Gasteiger partial charge on any atom is 0.00954 e. The van der Waals surface area contributed by atoms with Gasteiger partial charge in [0.05, 0.1) is 0 Å². The van der Waals surface area contributed by atoms with E-state index in [1.807, 2.05) is 0 Å². The van der Waals surface area contributed by atoms with E-state index in [1.54, 1.807) is 0 Å². The maximum atomic E-state index is 3.59. The van der Waals surface area contributed by atoms with Crippen LogP contribution in [0.1, 0.15) is 78.1 Å². The van der Waals surface area contributed by atoms with Crippen molar-refractivity contribution in [3.05, 3.63) is 0 Å². The molecule has 2 aliphatic rings. The van der Waals surface area contributed by atoms with Crippen LogP contribution in [0.4, 0.5) is 0 Å². The standard InChI is InChI=1S/C19H38N2/c1-3-7-17-8-5-10-19(12-11-17)21(14-4-2)16-18-9-6-13-20-15-18/h17-20H,3-16H2,1-2H3. The fourth-order valence-electron chi connectivity index (χ4n) is 4.54. The van der Waals surface area contributed by atoms with Crippen molar-refractivity contribution < 1.29 is 0 Å². The molecule has 0 amide bonds. The highest BCUT2D eigenvalue weighted by Gasteiger charge is 2.25. The Morgan fingerprint density at radius 1 is 0.905 bits per heavy atom. The van der Waals surface area contributed by atoms with Crippen molar-refractivity contribution in [2.45, 2.75) is 84.1 Å². The third kappa shape index (κ3) is 5.90. The minimum atomic E-state index is 0.883. The van der Waals surface area contributed by atoms with Gasteiger partial charge in [-0.25, -0.2) is 0 Å². The van der Waals surface area contributed by atoms with Crippen molar-refractivity contribution in [3.8, 4) is 0 Å². The van der Waals surface area contributed by atoms with Crippen molar-refractivity contribution in [1.82, 2.24) is 10.2 Å². The van der Waals surface area contributed by atoms with E-state index in [-0.39, 0.29) is 0 Å². The van der Waals surface area contributed by atoms with Crippen LogP contribution < -0.4 is 5.32 Å². The molecular weight excluding hydrogens is 256 g/mol. The Hall–Kier alpha value is -0.0800. The second-order valence-electron chi connectivity index (χ2n) is 7.52. The van der Waals surface area contributed by atoms with Crippen LogP contribution in [-0.2, 0) is 0 Å². The zero-order valence-corrected chi connectivity index (χ0v) is 14.6. The highest BCUT2D eigenvalue weighted by Crippen LogP contribution is 2.30. The van der Waals surface area contributed by atoms with Gasteiger partial charge < -0.3 is 10.2 Å². The highest BCUT2D eigenvalue weighted by atomic mass is 15.2. The van der Waals surface area contributed by atoms with Crippen LogP contribution >= 0.6 is 0 Å². The van der Waals surface area contributed by atoms with Gasteiger partial charge in [0, 0.05) is 12.6 Å². The van der Waals surface area contributed by atoms with Gasteiger partial charge in [-0.3, -0.25) is 0 Å². The number of rotatable bonds is 7. The fourth-order valence-corrected chi connectivity index (χ4v) is 4.54. The van der Waals surface area contributed by atoms with Gasteiger partial charge in [-0.05, 0) is 70.0 Å². The van der Waals surface area contributed by atoms with Crippen molar-refractivity contribution in [1.29, 1.82) is 0 Å². The number of nitrogens with one attached hydrogen (secondary N) is 1. The molecule has 1 heterocycles. The molecule has 1 saturated carbocycles. The third-order valence-corrected chi connectivity index (χ3v) is 5.67. The summed E-state index contributed by atoms with van der Waals surface area (Å²) in [6.45, 7) is 9.87. The molecular formula is C19H38N2. The summed E-state index contributed by atoms with van der Waals surface area (Å²) in [5.41, 5.74) is 0. The minimum Gasteiger partial charge on any atom is -0.316 e. The van der Waals surface area contributed by atoms with E-state index in [0.29, 0.717) is 0 Å². The lowest BCUT2D eigenvalue weighted by molar-refractivity contribution is 0.140. The van der Waals surface area contributed by atoms with Crippen LogP contribution in [0.25, 0.3) is 0 Å². The summed E-state index contributed by atoms with van der Waals surface area (Å²) in [4.78, 5) is 2.87. The first-order valence-corrected chi connectivity index (χ1v) is 9.78. The Morgan fingerprint density at radius 2 is 1.76 bits per heavy atom. The van der Waals surface area contributed by atoms with E-state index in [9.17, 15) is 0 Å². The van der Waals surface area contributed by atoms with E-state index in [4.69, 9.17) is 0 Å². The monoisotopic (exact) mass is 294 g/mol. The second-order valence-corrected chi connectivity index (χ2v) is 7.52. The van der Waals surface area contributed by atoms with Crippen LogP contribution in [0.3, 0.4) is 0 Å². The summed E-state index contributed by atoms with van der Waals surface area (Å²) in [6.07, 6.45) is 14.4. The molecule has 0 aromatic carbocycles. The van der Waals surface area contributed by atoms with Gasteiger partial charge in [-0.15, -0.1) is 0 Å². The SMILES string of the molecule is CCCC1CCCC(N(CCC)CC2CCCNC2)CC1. The maximum absolute atomic E-state index is 3.59. The molecule has 0 spiro atoms. The first-order chi connectivity index (χ1) is 10.3. The number of hydrogen-bond acceptors (Lipinski definition) is 2. The van der Waals surface area contributed by atoms with Gasteiger partial charge in [0.25, 0.3) is 0 Å². The van der Waals surface area contributed by atoms with Crippen molar-refractivity contribution in [2.75, 3.05) is 26.2 Å². The van der Waals surface area contributed by atoms with E-state index in [2.05, 4.69) is 24.1 Å². The number of nitrogens with zero attached hydrogens (tertiary/aromatic N) is 1.